The van der Waals surface area contributed by atoms with Gasteiger partial charge in [-0.25, -0.2) is 0 Å². The Morgan fingerprint density at radius 2 is 0.324 bits per heavy atom. The smallest absolute Gasteiger partial charge is 0.0922 e. The Kier molecular flexibility index (Phi) is 14.9. The highest BCUT2D eigenvalue weighted by molar-refractivity contribution is 5.59. The number of hydrogen-bond donors (Lipinski definition) is 0. The molecule has 36 bridgehead atoms. The number of hydrogen-bond acceptors (Lipinski definition) is 6. The van der Waals surface area contributed by atoms with Crippen LogP contribution in [0.25, 0.3) is 0 Å². The van der Waals surface area contributed by atoms with E-state index in [1.54, 1.807) is 0 Å². The van der Waals surface area contributed by atoms with Gasteiger partial charge in [-0.2, -0.15) is 0 Å². The average molecular weight is 1310 g/mol. The highest BCUT2D eigenvalue weighted by Gasteiger charge is 2.53. The van der Waals surface area contributed by atoms with Gasteiger partial charge in [0.1, 0.15) is 0 Å². The Hall–Kier alpha value is -11.5. The molecule has 11 aromatic carbocycles. The summed E-state index contributed by atoms with van der Waals surface area (Å²) in [7, 11) is 0. The first kappa shape index (κ1) is 61.6. The zero-order chi connectivity index (χ0) is 68.4. The van der Waals surface area contributed by atoms with Crippen LogP contribution in [0.2, 0.25) is 0 Å². The summed E-state index contributed by atoms with van der Waals surface area (Å²) in [5.41, 5.74) is 35.5. The topological polar surface area (TPSA) is 19.4 Å². The van der Waals surface area contributed by atoms with Gasteiger partial charge in [-0.3, -0.25) is 29.4 Å². The summed E-state index contributed by atoms with van der Waals surface area (Å²) in [5, 5.41) is 0. The molecule has 0 unspecified atom stereocenters. The maximum atomic E-state index is 3.53. The summed E-state index contributed by atoms with van der Waals surface area (Å²) >= 11 is 0. The molecule has 6 nitrogen and oxygen atoms in total. The summed E-state index contributed by atoms with van der Waals surface area (Å²) in [4.78, 5) is 16.9. The van der Waals surface area contributed by atoms with Crippen LogP contribution in [0.15, 0.2) is 218 Å². The molecule has 0 saturated carbocycles. The molecule has 486 valence electrons. The van der Waals surface area contributed by atoms with Crippen LogP contribution in [-0.2, 0) is 39.3 Å². The van der Waals surface area contributed by atoms with Gasteiger partial charge in [0.05, 0.1) is 37.0 Å². The third kappa shape index (κ3) is 10.6. The zero-order valence-corrected chi connectivity index (χ0v) is 58.2. The summed E-state index contributed by atoms with van der Waals surface area (Å²) in [6, 6.07) is 80.0. The SMILES string of the molecule is Cc1c2c(C)c3c(C)c1CN1C4c5ccc(cc5)C#Cc5cccc(c5)C#Cc5ccc(cc5)C1N4Cc1c(C)c(c(C)c(c1C)CN1C4c5ccc(cc5)C#Cc5cccc(c5)C#Cc5ccc(cc5)C1N4C3)CN1C3c4ccc(cc4)C#Cc4cccc(c4)C#Cc4ccc(cc4)C1N3C2. The molecule has 30 heterocycles. The van der Waals surface area contributed by atoms with Gasteiger partial charge in [-0.1, -0.05) is 162 Å². The van der Waals surface area contributed by atoms with Crippen molar-refractivity contribution in [2.75, 3.05) is 0 Å². The molecule has 0 atom stereocenters. The van der Waals surface area contributed by atoms with Gasteiger partial charge >= 0.3 is 0 Å². The molecule has 6 heteroatoms. The van der Waals surface area contributed by atoms with Gasteiger partial charge in [-0.05, 0) is 269 Å². The van der Waals surface area contributed by atoms with E-state index in [4.69, 9.17) is 0 Å². The largest absolute Gasteiger partial charge is 0.260 e. The van der Waals surface area contributed by atoms with Gasteiger partial charge in [0.2, 0.25) is 0 Å². The van der Waals surface area contributed by atoms with Crippen molar-refractivity contribution in [3.8, 4) is 71.0 Å². The van der Waals surface area contributed by atoms with E-state index in [0.29, 0.717) is 39.3 Å². The minimum atomic E-state index is -0.0751. The lowest BCUT2D eigenvalue weighted by Crippen LogP contribution is -2.60. The lowest BCUT2D eigenvalue weighted by molar-refractivity contribution is -0.199. The number of rotatable bonds is 0. The average Bonchev–Trinajstić information content (AvgIpc) is 0.710. The fraction of sp³-hybridized carbons (Fsp3) is 0.188. The van der Waals surface area contributed by atoms with Crippen LogP contribution in [0.4, 0.5) is 0 Å². The van der Waals surface area contributed by atoms with E-state index in [9.17, 15) is 0 Å². The van der Waals surface area contributed by atoms with Gasteiger partial charge in [0.25, 0.3) is 0 Å². The van der Waals surface area contributed by atoms with Crippen molar-refractivity contribution in [1.82, 2.24) is 29.4 Å². The quantitative estimate of drug-likeness (QED) is 0.140. The Balaban J connectivity index is 0.863. The van der Waals surface area contributed by atoms with Crippen molar-refractivity contribution in [3.63, 3.8) is 0 Å². The predicted octanol–water partition coefficient (Wildman–Crippen LogP) is 17.6. The molecule has 3 fully saturated rings. The van der Waals surface area contributed by atoms with Crippen LogP contribution in [0.3, 0.4) is 0 Å². The summed E-state index contributed by atoms with van der Waals surface area (Å²) in [6.45, 7) is 19.0. The monoisotopic (exact) mass is 1310 g/mol. The Labute approximate surface area is 599 Å². The van der Waals surface area contributed by atoms with Crippen LogP contribution in [-0.4, -0.2) is 29.4 Å². The molecule has 0 spiro atoms. The molecule has 102 heavy (non-hydrogen) atoms. The van der Waals surface area contributed by atoms with E-state index in [1.807, 2.05) is 0 Å². The van der Waals surface area contributed by atoms with Gasteiger partial charge < -0.3 is 0 Å². The molecule has 3 saturated heterocycles. The van der Waals surface area contributed by atoms with E-state index >= 15 is 0 Å². The van der Waals surface area contributed by atoms with Crippen molar-refractivity contribution in [3.05, 3.63) is 385 Å². The first-order chi connectivity index (χ1) is 50.0. The second kappa shape index (κ2) is 24.7. The third-order valence-electron chi connectivity index (χ3n) is 23.2. The third-order valence-corrected chi connectivity index (χ3v) is 23.2. The van der Waals surface area contributed by atoms with E-state index in [0.717, 1.165) is 66.8 Å². The summed E-state index contributed by atoms with van der Waals surface area (Å²) in [5.74, 6) is 42.1. The van der Waals surface area contributed by atoms with E-state index in [-0.39, 0.29) is 37.0 Å². The molecule has 0 aliphatic carbocycles. The van der Waals surface area contributed by atoms with E-state index < -0.39 is 0 Å². The lowest BCUT2D eigenvalue weighted by atomic mass is 9.82. The zero-order valence-electron chi connectivity index (χ0n) is 58.2. The van der Waals surface area contributed by atoms with Crippen LogP contribution < -0.4 is 0 Å². The Morgan fingerprint density at radius 1 is 0.186 bits per heavy atom. The highest BCUT2D eigenvalue weighted by Crippen LogP contribution is 2.57. The second-order valence-electron chi connectivity index (χ2n) is 28.9. The molecule has 30 aliphatic heterocycles. The molecular formula is C96H72N6. The van der Waals surface area contributed by atoms with E-state index in [1.165, 1.54) is 100 Å². The first-order valence-electron chi connectivity index (χ1n) is 35.7. The van der Waals surface area contributed by atoms with Crippen LogP contribution >= 0.6 is 0 Å². The molecule has 0 aromatic heterocycles. The minimum Gasteiger partial charge on any atom is -0.260 e. The van der Waals surface area contributed by atoms with Crippen molar-refractivity contribution in [2.45, 2.75) is 118 Å². The van der Waals surface area contributed by atoms with Crippen molar-refractivity contribution in [1.29, 1.82) is 0 Å². The van der Waals surface area contributed by atoms with Gasteiger partial charge in [-0.15, -0.1) is 0 Å². The molecule has 11 aromatic rings. The Morgan fingerprint density at radius 3 is 0.471 bits per heavy atom. The normalized spacial score (nSPS) is 23.4. The number of nitrogens with zero attached hydrogens (tertiary/aromatic N) is 6. The van der Waals surface area contributed by atoms with Crippen molar-refractivity contribution < 1.29 is 0 Å². The van der Waals surface area contributed by atoms with Crippen LogP contribution in [0.5, 0.6) is 0 Å². The van der Waals surface area contributed by atoms with Crippen LogP contribution in [0, 0.1) is 113 Å². The molecular weight excluding hydrogens is 1240 g/mol. The predicted molar refractivity (Wildman–Crippen MR) is 405 cm³/mol. The van der Waals surface area contributed by atoms with Gasteiger partial charge in [0, 0.05) is 106 Å². The molecule has 41 rings (SSSR count). The molecule has 0 radical (unpaired) electrons. The van der Waals surface area contributed by atoms with Crippen LogP contribution in [0.1, 0.15) is 204 Å². The summed E-state index contributed by atoms with van der Waals surface area (Å²) < 4.78 is 0. The van der Waals surface area contributed by atoms with Crippen molar-refractivity contribution >= 4 is 0 Å². The lowest BCUT2D eigenvalue weighted by Gasteiger charge is -2.61. The highest BCUT2D eigenvalue weighted by atomic mass is 15.6. The molecule has 0 N–H and O–H groups in total. The van der Waals surface area contributed by atoms with Crippen molar-refractivity contribution in [2.24, 2.45) is 0 Å². The summed E-state index contributed by atoms with van der Waals surface area (Å²) in [6.07, 6.45) is -0.451. The number of benzene rings is 11. The fourth-order valence-corrected chi connectivity index (χ4v) is 17.7. The first-order valence-corrected chi connectivity index (χ1v) is 35.7. The second-order valence-corrected chi connectivity index (χ2v) is 28.9. The maximum absolute atomic E-state index is 3.53. The fourth-order valence-electron chi connectivity index (χ4n) is 17.7. The Bertz CT molecular complexity index is 4770. The van der Waals surface area contributed by atoms with E-state index in [2.05, 4.69) is 360 Å². The molecule has 30 aliphatic rings. The maximum Gasteiger partial charge on any atom is 0.0922 e. The standard InChI is InChI=1S/C96H72N6/c1-61-85-55-97-91-79-40-28-67(29-41-79)16-22-73-10-7-11-74(52-73)23-17-68-30-42-80(43-31-68)92(97)100(91)58-88-64(4)89-59-101-93-81-44-32-69(33-45-81)18-24-75-12-8-13-76(53-75)25-19-70-34-46-82(47-35-70)94(101)98(93)56-86(61)63(3)87(62(85)2)57-99-95-83-48-36-71(37-49-83)20-26-77-14-9-15-78(54-77)27-21-72-38-50-84(51-39-72)96(99)102(95)60-90(65(88)5)66(89)6/h7-15,28-54,91-96H,55-60H2,1-6H3. The molecule has 0 amide bonds. The minimum absolute atomic E-state index is 0.0751. The van der Waals surface area contributed by atoms with Gasteiger partial charge in [0.15, 0.2) is 0 Å².